The summed E-state index contributed by atoms with van der Waals surface area (Å²) in [7, 11) is 1.97. The molecule has 0 aliphatic carbocycles. The average molecular weight is 378 g/mol. The second-order valence-corrected chi connectivity index (χ2v) is 6.68. The van der Waals surface area contributed by atoms with Crippen molar-refractivity contribution >= 4 is 34.0 Å². The number of hydrogen-bond acceptors (Lipinski definition) is 3. The van der Waals surface area contributed by atoms with Crippen LogP contribution in [0.15, 0.2) is 65.9 Å². The van der Waals surface area contributed by atoms with E-state index in [0.29, 0.717) is 17.4 Å². The van der Waals surface area contributed by atoms with Crippen LogP contribution in [0.4, 0.5) is 11.5 Å². The lowest BCUT2D eigenvalue weighted by atomic mass is 10.1. The van der Waals surface area contributed by atoms with Crippen LogP contribution < -0.4 is 10.8 Å². The number of H-pyrrole nitrogens is 1. The minimum atomic E-state index is 0.671. The molecule has 6 heteroatoms. The molecule has 5 nitrogen and oxygen atoms in total. The van der Waals surface area contributed by atoms with E-state index in [1.165, 1.54) is 0 Å². The molecular formula is C21H20ClN5. The van der Waals surface area contributed by atoms with Crippen molar-refractivity contribution in [1.29, 1.82) is 0 Å². The van der Waals surface area contributed by atoms with Crippen molar-refractivity contribution in [3.63, 3.8) is 0 Å². The molecule has 0 fully saturated rings. The molecule has 0 radical (unpaired) electrons. The summed E-state index contributed by atoms with van der Waals surface area (Å²) in [6.07, 6.45) is 3.89. The van der Waals surface area contributed by atoms with E-state index in [9.17, 15) is 0 Å². The van der Waals surface area contributed by atoms with Crippen LogP contribution in [0, 0.1) is 0 Å². The van der Waals surface area contributed by atoms with Gasteiger partial charge in [-0.3, -0.25) is 4.99 Å². The number of fused-ring (bicyclic) bond motifs is 1. The molecule has 2 aromatic carbocycles. The maximum atomic E-state index is 6.38. The lowest BCUT2D eigenvalue weighted by Crippen LogP contribution is -2.23. The Morgan fingerprint density at radius 3 is 2.85 bits per heavy atom. The van der Waals surface area contributed by atoms with Gasteiger partial charge in [-0.15, -0.1) is 0 Å². The second-order valence-electron chi connectivity index (χ2n) is 6.27. The molecule has 0 aliphatic heterocycles. The van der Waals surface area contributed by atoms with Gasteiger partial charge in [-0.25, -0.2) is 4.98 Å². The number of aromatic nitrogens is 3. The Kier molecular flexibility index (Phi) is 4.69. The predicted octanol–water partition coefficient (Wildman–Crippen LogP) is 4.89. The number of nitrogens with one attached hydrogen (secondary N) is 2. The van der Waals surface area contributed by atoms with Gasteiger partial charge in [0, 0.05) is 48.1 Å². The van der Waals surface area contributed by atoms with Gasteiger partial charge >= 0.3 is 0 Å². The summed E-state index contributed by atoms with van der Waals surface area (Å²) in [6.45, 7) is 2.68. The summed E-state index contributed by atoms with van der Waals surface area (Å²) in [5.74, 6) is 0.701. The SMILES string of the molecule is CCN=c1c(Nc2ccc3[nH]ccc3c2)nc(-c2ccccc2Cl)cn1C. The summed E-state index contributed by atoms with van der Waals surface area (Å²) in [4.78, 5) is 12.6. The Bertz CT molecular complexity index is 1170. The van der Waals surface area contributed by atoms with Gasteiger partial charge in [0.25, 0.3) is 0 Å². The van der Waals surface area contributed by atoms with Crippen molar-refractivity contribution in [2.24, 2.45) is 12.0 Å². The van der Waals surface area contributed by atoms with Crippen molar-refractivity contribution in [3.8, 4) is 11.3 Å². The standard InChI is InChI=1S/C21H20ClN5/c1-3-23-21-20(25-15-8-9-18-14(12-15)10-11-24-18)26-19(13-27(21)2)16-6-4-5-7-17(16)22/h4-13,24H,3H2,1-2H3,(H,25,26). The maximum absolute atomic E-state index is 6.38. The molecule has 4 aromatic rings. The number of halogens is 1. The van der Waals surface area contributed by atoms with Crippen LogP contribution in [0.5, 0.6) is 0 Å². The summed E-state index contributed by atoms with van der Waals surface area (Å²) in [6, 6.07) is 15.9. The topological polar surface area (TPSA) is 58.0 Å². The first-order chi connectivity index (χ1) is 13.2. The smallest absolute Gasteiger partial charge is 0.174 e. The minimum Gasteiger partial charge on any atom is -0.361 e. The molecule has 4 rings (SSSR count). The fraction of sp³-hybridized carbons (Fsp3) is 0.143. The lowest BCUT2D eigenvalue weighted by Gasteiger charge is -2.13. The third kappa shape index (κ3) is 3.46. The molecule has 2 N–H and O–H groups in total. The van der Waals surface area contributed by atoms with E-state index in [4.69, 9.17) is 16.6 Å². The Morgan fingerprint density at radius 2 is 2.04 bits per heavy atom. The Balaban J connectivity index is 1.84. The van der Waals surface area contributed by atoms with E-state index in [0.717, 1.165) is 33.3 Å². The van der Waals surface area contributed by atoms with Crippen LogP contribution in [-0.4, -0.2) is 21.1 Å². The number of hydrogen-bond donors (Lipinski definition) is 2. The molecule has 27 heavy (non-hydrogen) atoms. The summed E-state index contributed by atoms with van der Waals surface area (Å²) in [5, 5.41) is 5.24. The summed E-state index contributed by atoms with van der Waals surface area (Å²) in [5.41, 5.74) is 4.54. The predicted molar refractivity (Wildman–Crippen MR) is 111 cm³/mol. The number of nitrogens with zero attached hydrogens (tertiary/aromatic N) is 3. The van der Waals surface area contributed by atoms with E-state index in [-0.39, 0.29) is 0 Å². The molecule has 0 bridgehead atoms. The van der Waals surface area contributed by atoms with Gasteiger partial charge in [-0.2, -0.15) is 0 Å². The minimum absolute atomic E-state index is 0.671. The fourth-order valence-electron chi connectivity index (χ4n) is 3.10. The van der Waals surface area contributed by atoms with Gasteiger partial charge in [0.05, 0.1) is 10.7 Å². The van der Waals surface area contributed by atoms with Gasteiger partial charge in [-0.1, -0.05) is 29.8 Å². The molecule has 0 unspecified atom stereocenters. The Morgan fingerprint density at radius 1 is 1.19 bits per heavy atom. The van der Waals surface area contributed by atoms with Crippen molar-refractivity contribution in [2.45, 2.75) is 6.92 Å². The molecule has 0 spiro atoms. The first kappa shape index (κ1) is 17.4. The van der Waals surface area contributed by atoms with Crippen LogP contribution >= 0.6 is 11.6 Å². The zero-order valence-corrected chi connectivity index (χ0v) is 16.0. The molecule has 0 amide bonds. The Hall–Kier alpha value is -3.05. The fourth-order valence-corrected chi connectivity index (χ4v) is 3.33. The van der Waals surface area contributed by atoms with Crippen molar-refractivity contribution in [3.05, 3.63) is 71.4 Å². The highest BCUT2D eigenvalue weighted by Gasteiger charge is 2.10. The summed E-state index contributed by atoms with van der Waals surface area (Å²) >= 11 is 6.38. The maximum Gasteiger partial charge on any atom is 0.174 e. The van der Waals surface area contributed by atoms with Gasteiger partial charge in [-0.05, 0) is 37.3 Å². The van der Waals surface area contributed by atoms with Crippen molar-refractivity contribution in [1.82, 2.24) is 14.5 Å². The molecular weight excluding hydrogens is 358 g/mol. The van der Waals surface area contributed by atoms with E-state index < -0.39 is 0 Å². The van der Waals surface area contributed by atoms with Crippen LogP contribution in [0.3, 0.4) is 0 Å². The molecule has 0 aliphatic rings. The Labute approximate surface area is 162 Å². The van der Waals surface area contributed by atoms with E-state index >= 15 is 0 Å². The van der Waals surface area contributed by atoms with Gasteiger partial charge < -0.3 is 14.9 Å². The van der Waals surface area contributed by atoms with Gasteiger partial charge in [0.2, 0.25) is 0 Å². The molecule has 0 saturated heterocycles. The van der Waals surface area contributed by atoms with E-state index in [2.05, 4.69) is 21.4 Å². The average Bonchev–Trinajstić information content (AvgIpc) is 3.12. The lowest BCUT2D eigenvalue weighted by molar-refractivity contribution is 0.801. The highest BCUT2D eigenvalue weighted by Crippen LogP contribution is 2.27. The van der Waals surface area contributed by atoms with Crippen LogP contribution in [0.1, 0.15) is 6.92 Å². The molecule has 0 saturated carbocycles. The second kappa shape index (κ2) is 7.29. The normalized spacial score (nSPS) is 11.9. The molecule has 136 valence electrons. The van der Waals surface area contributed by atoms with Gasteiger partial charge in [0.15, 0.2) is 11.3 Å². The monoisotopic (exact) mass is 377 g/mol. The van der Waals surface area contributed by atoms with Crippen LogP contribution in [0.2, 0.25) is 5.02 Å². The number of rotatable bonds is 4. The highest BCUT2D eigenvalue weighted by atomic mass is 35.5. The zero-order valence-electron chi connectivity index (χ0n) is 15.2. The van der Waals surface area contributed by atoms with E-state index in [1.54, 1.807) is 0 Å². The largest absolute Gasteiger partial charge is 0.361 e. The van der Waals surface area contributed by atoms with Crippen molar-refractivity contribution < 1.29 is 0 Å². The third-order valence-electron chi connectivity index (χ3n) is 4.37. The van der Waals surface area contributed by atoms with Crippen LogP contribution in [-0.2, 0) is 7.05 Å². The molecule has 2 aromatic heterocycles. The summed E-state index contributed by atoms with van der Waals surface area (Å²) < 4.78 is 1.98. The number of aryl methyl sites for hydroxylation is 1. The zero-order chi connectivity index (χ0) is 18.8. The van der Waals surface area contributed by atoms with Crippen LogP contribution in [0.25, 0.3) is 22.2 Å². The first-order valence-corrected chi connectivity index (χ1v) is 9.20. The first-order valence-electron chi connectivity index (χ1n) is 8.83. The van der Waals surface area contributed by atoms with Crippen molar-refractivity contribution in [2.75, 3.05) is 11.9 Å². The third-order valence-corrected chi connectivity index (χ3v) is 4.70. The number of aromatic amines is 1. The number of anilines is 2. The number of benzene rings is 2. The molecule has 2 heterocycles. The highest BCUT2D eigenvalue weighted by molar-refractivity contribution is 6.33. The quantitative estimate of drug-likeness (QED) is 0.532. The molecule has 0 atom stereocenters. The van der Waals surface area contributed by atoms with E-state index in [1.807, 2.05) is 73.4 Å². The van der Waals surface area contributed by atoms with Gasteiger partial charge in [0.1, 0.15) is 0 Å².